The lowest BCUT2D eigenvalue weighted by Crippen LogP contribution is -2.07. The van der Waals surface area contributed by atoms with E-state index in [0.717, 1.165) is 5.69 Å². The number of nitro groups is 1. The minimum Gasteiger partial charge on any atom is -0.378 e. The maximum absolute atomic E-state index is 10.8. The molecule has 0 aliphatic heterocycles. The number of anilines is 1. The average Bonchev–Trinajstić information content (AvgIpc) is 2.37. The lowest BCUT2D eigenvalue weighted by atomic mass is 10.0. The van der Waals surface area contributed by atoms with Crippen molar-refractivity contribution in [2.75, 3.05) is 5.32 Å². The molecule has 1 unspecified atom stereocenters. The van der Waals surface area contributed by atoms with E-state index in [4.69, 9.17) is 0 Å². The van der Waals surface area contributed by atoms with Crippen molar-refractivity contribution in [3.05, 3.63) is 67.7 Å². The van der Waals surface area contributed by atoms with E-state index < -0.39 is 4.92 Å². The Kier molecular flexibility index (Phi) is 4.63. The van der Waals surface area contributed by atoms with Gasteiger partial charge in [-0.3, -0.25) is 10.1 Å². The zero-order valence-corrected chi connectivity index (χ0v) is 13.8. The molecule has 0 aliphatic rings. The predicted molar refractivity (Wildman–Crippen MR) is 88.8 cm³/mol. The molecular weight excluding hydrogens is 332 g/mol. The molecule has 0 saturated heterocycles. The molecule has 0 fully saturated rings. The number of benzene rings is 2. The molecule has 0 aromatic heterocycles. The quantitative estimate of drug-likeness (QED) is 0.614. The highest BCUT2D eigenvalue weighted by molar-refractivity contribution is 9.10. The second kappa shape index (κ2) is 6.26. The van der Waals surface area contributed by atoms with E-state index in [1.165, 1.54) is 22.8 Å². The molecule has 0 heterocycles. The first-order valence-electron chi connectivity index (χ1n) is 6.65. The molecule has 0 spiro atoms. The van der Waals surface area contributed by atoms with E-state index in [-0.39, 0.29) is 11.7 Å². The smallest absolute Gasteiger partial charge is 0.283 e. The Morgan fingerprint density at radius 2 is 1.76 bits per heavy atom. The summed E-state index contributed by atoms with van der Waals surface area (Å²) >= 11 is 3.24. The van der Waals surface area contributed by atoms with Gasteiger partial charge in [-0.25, -0.2) is 0 Å². The largest absolute Gasteiger partial charge is 0.378 e. The molecule has 2 aromatic rings. The van der Waals surface area contributed by atoms with Crippen molar-refractivity contribution in [3.63, 3.8) is 0 Å². The SMILES string of the molecule is Cc1cc(C)cc(C(C)Nc2ccc([N+](=O)[O-])c(Br)c2)c1. The van der Waals surface area contributed by atoms with Crippen LogP contribution in [-0.2, 0) is 0 Å². The van der Waals surface area contributed by atoms with E-state index in [1.807, 2.05) is 0 Å². The van der Waals surface area contributed by atoms with Crippen molar-refractivity contribution in [2.45, 2.75) is 26.8 Å². The van der Waals surface area contributed by atoms with Crippen molar-refractivity contribution >= 4 is 27.3 Å². The van der Waals surface area contributed by atoms with E-state index in [0.29, 0.717) is 4.47 Å². The Bertz CT molecular complexity index is 666. The van der Waals surface area contributed by atoms with Crippen molar-refractivity contribution in [2.24, 2.45) is 0 Å². The fourth-order valence-corrected chi connectivity index (χ4v) is 2.86. The maximum atomic E-state index is 10.8. The van der Waals surface area contributed by atoms with Gasteiger partial charge in [0.1, 0.15) is 0 Å². The third kappa shape index (κ3) is 3.82. The normalized spacial score (nSPS) is 12.0. The van der Waals surface area contributed by atoms with Crippen LogP contribution in [0.2, 0.25) is 0 Å². The lowest BCUT2D eigenvalue weighted by Gasteiger charge is -2.17. The van der Waals surface area contributed by atoms with Crippen LogP contribution in [0.1, 0.15) is 29.7 Å². The number of nitrogens with zero attached hydrogens (tertiary/aromatic N) is 1. The van der Waals surface area contributed by atoms with E-state index in [9.17, 15) is 10.1 Å². The summed E-state index contributed by atoms with van der Waals surface area (Å²) in [4.78, 5) is 10.4. The van der Waals surface area contributed by atoms with Crippen molar-refractivity contribution in [1.29, 1.82) is 0 Å². The summed E-state index contributed by atoms with van der Waals surface area (Å²) in [6.07, 6.45) is 0. The number of aryl methyl sites for hydroxylation is 2. The minimum atomic E-state index is -0.402. The molecule has 0 bridgehead atoms. The van der Waals surface area contributed by atoms with Crippen LogP contribution in [0.3, 0.4) is 0 Å². The first-order chi connectivity index (χ1) is 9.86. The first-order valence-corrected chi connectivity index (χ1v) is 7.45. The summed E-state index contributed by atoms with van der Waals surface area (Å²) in [6, 6.07) is 11.5. The van der Waals surface area contributed by atoms with Crippen molar-refractivity contribution in [3.8, 4) is 0 Å². The molecule has 1 N–H and O–H groups in total. The minimum absolute atomic E-state index is 0.0691. The monoisotopic (exact) mass is 348 g/mol. The Morgan fingerprint density at radius 1 is 1.14 bits per heavy atom. The van der Waals surface area contributed by atoms with Gasteiger partial charge >= 0.3 is 0 Å². The van der Waals surface area contributed by atoms with Crippen LogP contribution in [0.4, 0.5) is 11.4 Å². The number of hydrogen-bond acceptors (Lipinski definition) is 3. The van der Waals surface area contributed by atoms with Gasteiger partial charge in [-0.1, -0.05) is 29.3 Å². The average molecular weight is 349 g/mol. The van der Waals surface area contributed by atoms with Gasteiger partial charge in [0.2, 0.25) is 0 Å². The van der Waals surface area contributed by atoms with Crippen LogP contribution < -0.4 is 5.32 Å². The Hall–Kier alpha value is -1.88. The Balaban J connectivity index is 2.21. The lowest BCUT2D eigenvalue weighted by molar-refractivity contribution is -0.385. The fourth-order valence-electron chi connectivity index (χ4n) is 2.34. The van der Waals surface area contributed by atoms with Crippen molar-refractivity contribution < 1.29 is 4.92 Å². The third-order valence-corrected chi connectivity index (χ3v) is 3.91. The zero-order valence-electron chi connectivity index (χ0n) is 12.2. The molecule has 0 amide bonds. The van der Waals surface area contributed by atoms with Crippen LogP contribution in [-0.4, -0.2) is 4.92 Å². The summed E-state index contributed by atoms with van der Waals surface area (Å²) in [5.74, 6) is 0. The topological polar surface area (TPSA) is 55.2 Å². The number of nitro benzene ring substituents is 1. The molecule has 21 heavy (non-hydrogen) atoms. The summed E-state index contributed by atoms with van der Waals surface area (Å²) < 4.78 is 0.477. The van der Waals surface area contributed by atoms with Crippen LogP contribution in [0.25, 0.3) is 0 Å². The predicted octanol–water partition coefficient (Wildman–Crippen LogP) is 5.15. The van der Waals surface area contributed by atoms with Crippen LogP contribution >= 0.6 is 15.9 Å². The van der Waals surface area contributed by atoms with E-state index in [2.05, 4.69) is 60.2 Å². The van der Waals surface area contributed by atoms with Crippen molar-refractivity contribution in [1.82, 2.24) is 0 Å². The second-order valence-corrected chi connectivity index (χ2v) is 6.06. The highest BCUT2D eigenvalue weighted by Gasteiger charge is 2.13. The van der Waals surface area contributed by atoms with Gasteiger partial charge in [0, 0.05) is 17.8 Å². The van der Waals surface area contributed by atoms with E-state index >= 15 is 0 Å². The maximum Gasteiger partial charge on any atom is 0.283 e. The van der Waals surface area contributed by atoms with Gasteiger partial charge in [0.15, 0.2) is 0 Å². The van der Waals surface area contributed by atoms with Crippen LogP contribution in [0.15, 0.2) is 40.9 Å². The molecule has 0 saturated carbocycles. The van der Waals surface area contributed by atoms with Gasteiger partial charge in [0.05, 0.1) is 9.40 Å². The molecule has 0 aliphatic carbocycles. The zero-order chi connectivity index (χ0) is 15.6. The Labute approximate surface area is 132 Å². The van der Waals surface area contributed by atoms with Gasteiger partial charge in [0.25, 0.3) is 5.69 Å². The molecule has 4 nitrogen and oxygen atoms in total. The molecule has 2 aromatic carbocycles. The number of halogens is 1. The highest BCUT2D eigenvalue weighted by Crippen LogP contribution is 2.29. The summed E-state index contributed by atoms with van der Waals surface area (Å²) in [6.45, 7) is 6.22. The van der Waals surface area contributed by atoms with E-state index in [1.54, 1.807) is 12.1 Å². The second-order valence-electron chi connectivity index (χ2n) is 5.21. The van der Waals surface area contributed by atoms with Gasteiger partial charge in [-0.05, 0) is 54.4 Å². The van der Waals surface area contributed by atoms with Crippen LogP contribution in [0, 0.1) is 24.0 Å². The van der Waals surface area contributed by atoms with Gasteiger partial charge < -0.3 is 5.32 Å². The number of hydrogen-bond donors (Lipinski definition) is 1. The summed E-state index contributed by atoms with van der Waals surface area (Å²) in [7, 11) is 0. The molecular formula is C16H17BrN2O2. The number of rotatable bonds is 4. The standard InChI is InChI=1S/C16H17BrN2O2/c1-10-6-11(2)8-13(7-10)12(3)18-14-4-5-16(19(20)21)15(17)9-14/h4-9,12,18H,1-3H3. The molecule has 1 atom stereocenters. The summed E-state index contributed by atoms with van der Waals surface area (Å²) in [5, 5.41) is 14.2. The fraction of sp³-hybridized carbons (Fsp3) is 0.250. The Morgan fingerprint density at radius 3 is 2.29 bits per heavy atom. The first kappa shape index (κ1) is 15.5. The molecule has 5 heteroatoms. The highest BCUT2D eigenvalue weighted by atomic mass is 79.9. The van der Waals surface area contributed by atoms with Gasteiger partial charge in [-0.15, -0.1) is 0 Å². The number of nitrogens with one attached hydrogen (secondary N) is 1. The molecule has 110 valence electrons. The molecule has 2 rings (SSSR count). The summed E-state index contributed by atoms with van der Waals surface area (Å²) in [5.41, 5.74) is 4.56. The van der Waals surface area contributed by atoms with Gasteiger partial charge in [-0.2, -0.15) is 0 Å². The van der Waals surface area contributed by atoms with Crippen LogP contribution in [0.5, 0.6) is 0 Å². The third-order valence-electron chi connectivity index (χ3n) is 3.27. The molecule has 0 radical (unpaired) electrons.